The summed E-state index contributed by atoms with van der Waals surface area (Å²) in [4.78, 5) is 0. The van der Waals surface area contributed by atoms with Gasteiger partial charge in [0.1, 0.15) is 5.75 Å². The van der Waals surface area contributed by atoms with Crippen molar-refractivity contribution in [3.05, 3.63) is 42.5 Å². The van der Waals surface area contributed by atoms with E-state index < -0.39 is 0 Å². The summed E-state index contributed by atoms with van der Waals surface area (Å²) in [5.74, 6) is 0.929. The molecule has 0 saturated carbocycles. The minimum atomic E-state index is 0.344. The van der Waals surface area contributed by atoms with Gasteiger partial charge in [-0.15, -0.1) is 6.58 Å². The van der Waals surface area contributed by atoms with Crippen LogP contribution in [-0.2, 0) is 6.54 Å². The Kier molecular flexibility index (Phi) is 4.91. The molecule has 1 unspecified atom stereocenters. The van der Waals surface area contributed by atoms with E-state index in [2.05, 4.69) is 31.0 Å². The fourth-order valence-corrected chi connectivity index (χ4v) is 1.23. The Bertz CT molecular complexity index is 292. The smallest absolute Gasteiger partial charge is 0.119 e. The molecule has 1 atom stereocenters. The Morgan fingerprint density at radius 3 is 2.60 bits per heavy atom. The zero-order valence-corrected chi connectivity index (χ0v) is 9.49. The second kappa shape index (κ2) is 6.25. The molecule has 0 aliphatic heterocycles. The molecule has 0 aliphatic carbocycles. The van der Waals surface area contributed by atoms with Gasteiger partial charge in [-0.25, -0.2) is 0 Å². The van der Waals surface area contributed by atoms with Gasteiger partial charge >= 0.3 is 0 Å². The largest absolute Gasteiger partial charge is 0.494 e. The minimum Gasteiger partial charge on any atom is -0.494 e. The molecule has 0 spiro atoms. The summed E-state index contributed by atoms with van der Waals surface area (Å²) in [7, 11) is 0. The Labute approximate surface area is 92.0 Å². The van der Waals surface area contributed by atoms with Crippen LogP contribution in [0, 0.1) is 0 Å². The van der Waals surface area contributed by atoms with Gasteiger partial charge in [-0.3, -0.25) is 0 Å². The predicted molar refractivity (Wildman–Crippen MR) is 64.1 cm³/mol. The molecule has 2 heteroatoms. The van der Waals surface area contributed by atoms with E-state index in [-0.39, 0.29) is 0 Å². The van der Waals surface area contributed by atoms with E-state index in [1.807, 2.05) is 25.1 Å². The number of hydrogen-bond acceptors (Lipinski definition) is 2. The van der Waals surface area contributed by atoms with E-state index in [1.165, 1.54) is 5.56 Å². The average molecular weight is 205 g/mol. The summed E-state index contributed by atoms with van der Waals surface area (Å²) in [5, 5.41) is 3.34. The highest BCUT2D eigenvalue weighted by atomic mass is 16.5. The number of benzene rings is 1. The van der Waals surface area contributed by atoms with Gasteiger partial charge in [-0.2, -0.15) is 0 Å². The first-order chi connectivity index (χ1) is 7.26. The molecule has 1 N–H and O–H groups in total. The van der Waals surface area contributed by atoms with Crippen molar-refractivity contribution in [3.63, 3.8) is 0 Å². The van der Waals surface area contributed by atoms with Crippen LogP contribution in [0.15, 0.2) is 36.9 Å². The van der Waals surface area contributed by atoms with E-state index in [1.54, 1.807) is 0 Å². The van der Waals surface area contributed by atoms with Gasteiger partial charge in [0.15, 0.2) is 0 Å². The molecule has 0 aliphatic rings. The van der Waals surface area contributed by atoms with Crippen molar-refractivity contribution >= 4 is 0 Å². The highest BCUT2D eigenvalue weighted by Gasteiger charge is 1.97. The molecule has 0 radical (unpaired) electrons. The SMILES string of the molecule is C=CC(C)NCc1ccc(OCC)cc1. The van der Waals surface area contributed by atoms with E-state index in [0.29, 0.717) is 12.6 Å². The molecule has 0 bridgehead atoms. The lowest BCUT2D eigenvalue weighted by molar-refractivity contribution is 0.340. The lowest BCUT2D eigenvalue weighted by Gasteiger charge is -2.09. The van der Waals surface area contributed by atoms with Gasteiger partial charge in [0.05, 0.1) is 6.61 Å². The van der Waals surface area contributed by atoms with Crippen molar-refractivity contribution in [1.29, 1.82) is 0 Å². The fraction of sp³-hybridized carbons (Fsp3) is 0.385. The molecule has 1 aromatic carbocycles. The van der Waals surface area contributed by atoms with E-state index in [0.717, 1.165) is 12.3 Å². The Morgan fingerprint density at radius 2 is 2.07 bits per heavy atom. The van der Waals surface area contributed by atoms with E-state index in [4.69, 9.17) is 4.74 Å². The summed E-state index contributed by atoms with van der Waals surface area (Å²) < 4.78 is 5.37. The lowest BCUT2D eigenvalue weighted by atomic mass is 10.2. The van der Waals surface area contributed by atoms with Crippen LogP contribution in [0.4, 0.5) is 0 Å². The summed E-state index contributed by atoms with van der Waals surface area (Å²) in [6, 6.07) is 8.50. The van der Waals surface area contributed by atoms with Crippen LogP contribution < -0.4 is 10.1 Å². The lowest BCUT2D eigenvalue weighted by Crippen LogP contribution is -2.22. The number of ether oxygens (including phenoxy) is 1. The maximum absolute atomic E-state index is 5.37. The summed E-state index contributed by atoms with van der Waals surface area (Å²) in [6.45, 7) is 9.38. The Balaban J connectivity index is 2.45. The van der Waals surface area contributed by atoms with Gasteiger partial charge < -0.3 is 10.1 Å². The van der Waals surface area contributed by atoms with Crippen molar-refractivity contribution < 1.29 is 4.74 Å². The average Bonchev–Trinajstić information content (AvgIpc) is 2.28. The molecule has 15 heavy (non-hydrogen) atoms. The Morgan fingerprint density at radius 1 is 1.40 bits per heavy atom. The van der Waals surface area contributed by atoms with Crippen LogP contribution in [0.3, 0.4) is 0 Å². The molecular weight excluding hydrogens is 186 g/mol. The van der Waals surface area contributed by atoms with E-state index >= 15 is 0 Å². The molecule has 0 heterocycles. The van der Waals surface area contributed by atoms with Crippen molar-refractivity contribution in [2.24, 2.45) is 0 Å². The second-order valence-electron chi connectivity index (χ2n) is 3.48. The second-order valence-corrected chi connectivity index (χ2v) is 3.48. The molecule has 82 valence electrons. The maximum atomic E-state index is 5.37. The molecule has 0 aromatic heterocycles. The van der Waals surface area contributed by atoms with E-state index in [9.17, 15) is 0 Å². The van der Waals surface area contributed by atoms with Crippen molar-refractivity contribution in [2.45, 2.75) is 26.4 Å². The molecule has 2 nitrogen and oxygen atoms in total. The predicted octanol–water partition coefficient (Wildman–Crippen LogP) is 2.75. The van der Waals surface area contributed by atoms with Crippen molar-refractivity contribution in [2.75, 3.05) is 6.61 Å². The monoisotopic (exact) mass is 205 g/mol. The van der Waals surface area contributed by atoms with Gasteiger partial charge in [0, 0.05) is 12.6 Å². The van der Waals surface area contributed by atoms with Crippen LogP contribution in [0.5, 0.6) is 5.75 Å². The number of rotatable bonds is 6. The summed E-state index contributed by atoms with van der Waals surface area (Å²) in [6.07, 6.45) is 1.90. The molecular formula is C13H19NO. The van der Waals surface area contributed by atoms with Crippen LogP contribution in [0.25, 0.3) is 0 Å². The molecule has 0 saturated heterocycles. The van der Waals surface area contributed by atoms with Crippen LogP contribution in [-0.4, -0.2) is 12.6 Å². The van der Waals surface area contributed by atoms with Crippen LogP contribution >= 0.6 is 0 Å². The van der Waals surface area contributed by atoms with Gasteiger partial charge in [0.25, 0.3) is 0 Å². The topological polar surface area (TPSA) is 21.3 Å². The maximum Gasteiger partial charge on any atom is 0.119 e. The third kappa shape index (κ3) is 4.17. The zero-order chi connectivity index (χ0) is 11.1. The zero-order valence-electron chi connectivity index (χ0n) is 9.49. The first kappa shape index (κ1) is 11.8. The number of nitrogens with one attached hydrogen (secondary N) is 1. The normalized spacial score (nSPS) is 12.1. The Hall–Kier alpha value is -1.28. The quantitative estimate of drug-likeness (QED) is 0.721. The fourth-order valence-electron chi connectivity index (χ4n) is 1.23. The van der Waals surface area contributed by atoms with Gasteiger partial charge in [-0.05, 0) is 31.5 Å². The highest BCUT2D eigenvalue weighted by Crippen LogP contribution is 2.11. The molecule has 0 amide bonds. The minimum absolute atomic E-state index is 0.344. The molecule has 1 aromatic rings. The summed E-state index contributed by atoms with van der Waals surface area (Å²) in [5.41, 5.74) is 1.26. The first-order valence-corrected chi connectivity index (χ1v) is 5.34. The third-order valence-corrected chi connectivity index (χ3v) is 2.22. The third-order valence-electron chi connectivity index (χ3n) is 2.22. The van der Waals surface area contributed by atoms with Crippen LogP contribution in [0.2, 0.25) is 0 Å². The van der Waals surface area contributed by atoms with Crippen molar-refractivity contribution in [3.8, 4) is 5.75 Å². The summed E-state index contributed by atoms with van der Waals surface area (Å²) >= 11 is 0. The molecule has 1 rings (SSSR count). The van der Waals surface area contributed by atoms with Gasteiger partial charge in [-0.1, -0.05) is 18.2 Å². The van der Waals surface area contributed by atoms with Crippen LogP contribution in [0.1, 0.15) is 19.4 Å². The number of hydrogen-bond donors (Lipinski definition) is 1. The highest BCUT2D eigenvalue weighted by molar-refractivity contribution is 5.27. The first-order valence-electron chi connectivity index (χ1n) is 5.34. The standard InChI is InChI=1S/C13H19NO/c1-4-11(3)14-10-12-6-8-13(9-7-12)15-5-2/h4,6-9,11,14H,1,5,10H2,2-3H3. The van der Waals surface area contributed by atoms with Crippen molar-refractivity contribution in [1.82, 2.24) is 5.32 Å². The molecule has 0 fully saturated rings. The van der Waals surface area contributed by atoms with Gasteiger partial charge in [0.2, 0.25) is 0 Å².